The van der Waals surface area contributed by atoms with E-state index in [9.17, 15) is 8.42 Å². The van der Waals surface area contributed by atoms with Crippen molar-refractivity contribution in [3.63, 3.8) is 0 Å². The maximum Gasteiger partial charge on any atom is 0.150 e. The lowest BCUT2D eigenvalue weighted by Gasteiger charge is -2.24. The third-order valence-electron chi connectivity index (χ3n) is 3.52. The number of hydrogen-bond donors (Lipinski definition) is 3. The number of nitrogens with two attached hydrogens (primary N) is 1. The van der Waals surface area contributed by atoms with Gasteiger partial charge in [-0.3, -0.25) is 5.10 Å². The van der Waals surface area contributed by atoms with Gasteiger partial charge in [0.1, 0.15) is 9.84 Å². The van der Waals surface area contributed by atoms with Gasteiger partial charge >= 0.3 is 0 Å². The molecule has 7 heteroatoms. The number of sulfone groups is 1. The summed E-state index contributed by atoms with van der Waals surface area (Å²) in [6.07, 6.45) is 2.98. The first kappa shape index (κ1) is 12.3. The van der Waals surface area contributed by atoms with Crippen molar-refractivity contribution in [3.8, 4) is 0 Å². The SMILES string of the molecule is Nc1cc2cn[nH]c2cc1NC1CCS(=O)(=O)CC1. The second kappa shape index (κ2) is 4.41. The zero-order valence-corrected chi connectivity index (χ0v) is 11.2. The average Bonchev–Trinajstić information content (AvgIpc) is 2.79. The molecular weight excluding hydrogens is 264 g/mol. The fraction of sp³-hybridized carbons (Fsp3) is 0.417. The van der Waals surface area contributed by atoms with Crippen LogP contribution in [0.5, 0.6) is 0 Å². The molecule has 0 atom stereocenters. The highest BCUT2D eigenvalue weighted by Gasteiger charge is 2.23. The minimum absolute atomic E-state index is 0.159. The van der Waals surface area contributed by atoms with E-state index in [1.165, 1.54) is 0 Å². The third-order valence-corrected chi connectivity index (χ3v) is 5.24. The number of aromatic nitrogens is 2. The van der Waals surface area contributed by atoms with E-state index in [-0.39, 0.29) is 17.5 Å². The van der Waals surface area contributed by atoms with Crippen LogP contribution >= 0.6 is 0 Å². The highest BCUT2D eigenvalue weighted by molar-refractivity contribution is 7.91. The summed E-state index contributed by atoms with van der Waals surface area (Å²) >= 11 is 0. The zero-order chi connectivity index (χ0) is 13.5. The van der Waals surface area contributed by atoms with Crippen LogP contribution in [0, 0.1) is 0 Å². The van der Waals surface area contributed by atoms with Crippen LogP contribution in [0.4, 0.5) is 11.4 Å². The van der Waals surface area contributed by atoms with Gasteiger partial charge in [-0.2, -0.15) is 5.10 Å². The van der Waals surface area contributed by atoms with Crippen molar-refractivity contribution >= 4 is 32.1 Å². The molecule has 6 nitrogen and oxygen atoms in total. The molecule has 0 aliphatic carbocycles. The maximum atomic E-state index is 11.4. The first-order valence-corrected chi connectivity index (χ1v) is 8.05. The van der Waals surface area contributed by atoms with Crippen molar-refractivity contribution in [2.24, 2.45) is 0 Å². The zero-order valence-electron chi connectivity index (χ0n) is 10.4. The third kappa shape index (κ3) is 2.51. The van der Waals surface area contributed by atoms with Crippen LogP contribution < -0.4 is 11.1 Å². The van der Waals surface area contributed by atoms with E-state index in [0.29, 0.717) is 18.5 Å². The van der Waals surface area contributed by atoms with Gasteiger partial charge in [0, 0.05) is 11.4 Å². The Kier molecular flexibility index (Phi) is 2.85. The Morgan fingerprint density at radius 1 is 1.32 bits per heavy atom. The number of nitrogen functional groups attached to an aromatic ring is 1. The smallest absolute Gasteiger partial charge is 0.150 e. The minimum atomic E-state index is -2.83. The molecule has 1 aromatic carbocycles. The summed E-state index contributed by atoms with van der Waals surface area (Å²) in [4.78, 5) is 0. The molecule has 0 bridgehead atoms. The predicted molar refractivity (Wildman–Crippen MR) is 75.8 cm³/mol. The molecule has 19 heavy (non-hydrogen) atoms. The topological polar surface area (TPSA) is 101 Å². The van der Waals surface area contributed by atoms with Crippen molar-refractivity contribution in [3.05, 3.63) is 18.3 Å². The van der Waals surface area contributed by atoms with E-state index < -0.39 is 9.84 Å². The Morgan fingerprint density at radius 2 is 2.05 bits per heavy atom. The lowest BCUT2D eigenvalue weighted by atomic mass is 10.1. The number of anilines is 2. The maximum absolute atomic E-state index is 11.4. The van der Waals surface area contributed by atoms with Crippen molar-refractivity contribution in [1.29, 1.82) is 0 Å². The lowest BCUT2D eigenvalue weighted by molar-refractivity contribution is 0.559. The summed E-state index contributed by atoms with van der Waals surface area (Å²) in [5, 5.41) is 11.2. The Hall–Kier alpha value is -1.76. The van der Waals surface area contributed by atoms with Gasteiger partial charge < -0.3 is 11.1 Å². The molecule has 1 saturated heterocycles. The van der Waals surface area contributed by atoms with Crippen LogP contribution in [0.15, 0.2) is 18.3 Å². The largest absolute Gasteiger partial charge is 0.397 e. The number of hydrogen-bond acceptors (Lipinski definition) is 5. The van der Waals surface area contributed by atoms with Crippen LogP contribution in [0.2, 0.25) is 0 Å². The molecule has 1 aliphatic rings. The van der Waals surface area contributed by atoms with Crippen molar-refractivity contribution < 1.29 is 8.42 Å². The fourth-order valence-corrected chi connectivity index (χ4v) is 3.88. The molecule has 102 valence electrons. The number of aromatic amines is 1. The van der Waals surface area contributed by atoms with E-state index in [0.717, 1.165) is 16.6 Å². The first-order valence-electron chi connectivity index (χ1n) is 6.23. The quantitative estimate of drug-likeness (QED) is 0.716. The van der Waals surface area contributed by atoms with Gasteiger partial charge in [0.05, 0.1) is 34.6 Å². The molecular formula is C12H16N4O2S. The number of H-pyrrole nitrogens is 1. The molecule has 0 saturated carbocycles. The fourth-order valence-electron chi connectivity index (χ4n) is 2.39. The van der Waals surface area contributed by atoms with Crippen LogP contribution in [-0.4, -0.2) is 36.2 Å². The Balaban J connectivity index is 1.80. The molecule has 1 aromatic heterocycles. The van der Waals surface area contributed by atoms with E-state index in [1.54, 1.807) is 6.20 Å². The molecule has 1 aliphatic heterocycles. The molecule has 0 unspecified atom stereocenters. The molecule has 0 amide bonds. The molecule has 3 rings (SSSR count). The average molecular weight is 280 g/mol. The van der Waals surface area contributed by atoms with Gasteiger partial charge in [0.15, 0.2) is 0 Å². The van der Waals surface area contributed by atoms with Crippen molar-refractivity contribution in [2.75, 3.05) is 22.6 Å². The number of nitrogens with one attached hydrogen (secondary N) is 2. The standard InChI is InChI=1S/C12H16N4O2S/c13-10-5-8-7-14-16-11(8)6-12(10)15-9-1-3-19(17,18)4-2-9/h5-7,9,15H,1-4,13H2,(H,14,16). The molecule has 4 N–H and O–H groups in total. The summed E-state index contributed by atoms with van der Waals surface area (Å²) in [5.41, 5.74) is 8.40. The highest BCUT2D eigenvalue weighted by atomic mass is 32.2. The normalized spacial score (nSPS) is 19.6. The molecule has 2 heterocycles. The summed E-state index contributed by atoms with van der Waals surface area (Å²) in [6.45, 7) is 0. The molecule has 0 spiro atoms. The summed E-state index contributed by atoms with van der Waals surface area (Å²) in [7, 11) is -2.83. The van der Waals surface area contributed by atoms with Crippen LogP contribution in [0.3, 0.4) is 0 Å². The Bertz CT molecular complexity index is 694. The predicted octanol–water partition coefficient (Wildman–Crippen LogP) is 1.13. The second-order valence-electron chi connectivity index (χ2n) is 4.97. The summed E-state index contributed by atoms with van der Waals surface area (Å²) in [6, 6.07) is 3.94. The first-order chi connectivity index (χ1) is 9.03. The van der Waals surface area contributed by atoms with Crippen LogP contribution in [0.25, 0.3) is 10.9 Å². The van der Waals surface area contributed by atoms with Crippen molar-refractivity contribution in [1.82, 2.24) is 10.2 Å². The Labute approximate surface area is 111 Å². The van der Waals surface area contributed by atoms with E-state index in [4.69, 9.17) is 5.73 Å². The van der Waals surface area contributed by atoms with Gasteiger partial charge in [0.2, 0.25) is 0 Å². The summed E-state index contributed by atoms with van der Waals surface area (Å²) in [5.74, 6) is 0.494. The van der Waals surface area contributed by atoms with Gasteiger partial charge in [-0.05, 0) is 25.0 Å². The number of nitrogens with zero attached hydrogens (tertiary/aromatic N) is 1. The molecule has 2 aromatic rings. The summed E-state index contributed by atoms with van der Waals surface area (Å²) < 4.78 is 22.8. The lowest BCUT2D eigenvalue weighted by Crippen LogP contribution is -2.32. The number of rotatable bonds is 2. The van der Waals surface area contributed by atoms with Crippen molar-refractivity contribution in [2.45, 2.75) is 18.9 Å². The Morgan fingerprint density at radius 3 is 2.79 bits per heavy atom. The molecule has 1 fully saturated rings. The van der Waals surface area contributed by atoms with Gasteiger partial charge in [-0.1, -0.05) is 0 Å². The van der Waals surface area contributed by atoms with E-state index >= 15 is 0 Å². The number of benzene rings is 1. The minimum Gasteiger partial charge on any atom is -0.397 e. The van der Waals surface area contributed by atoms with Gasteiger partial charge in [-0.15, -0.1) is 0 Å². The highest BCUT2D eigenvalue weighted by Crippen LogP contribution is 2.27. The van der Waals surface area contributed by atoms with Gasteiger partial charge in [-0.25, -0.2) is 8.42 Å². The number of fused-ring (bicyclic) bond motifs is 1. The van der Waals surface area contributed by atoms with Crippen LogP contribution in [0.1, 0.15) is 12.8 Å². The monoisotopic (exact) mass is 280 g/mol. The second-order valence-corrected chi connectivity index (χ2v) is 7.27. The molecule has 0 radical (unpaired) electrons. The van der Waals surface area contributed by atoms with E-state index in [2.05, 4.69) is 15.5 Å². The van der Waals surface area contributed by atoms with E-state index in [1.807, 2.05) is 12.1 Å². The van der Waals surface area contributed by atoms with Crippen LogP contribution in [-0.2, 0) is 9.84 Å². The van der Waals surface area contributed by atoms with Gasteiger partial charge in [0.25, 0.3) is 0 Å².